The predicted molar refractivity (Wildman–Crippen MR) is 84.0 cm³/mol. The number of hydrogen-bond acceptors (Lipinski definition) is 5. The lowest BCUT2D eigenvalue weighted by molar-refractivity contribution is -0.384. The van der Waals surface area contributed by atoms with E-state index in [1.165, 1.54) is 6.20 Å². The predicted octanol–water partition coefficient (Wildman–Crippen LogP) is 3.14. The second kappa shape index (κ2) is 7.54. The molecule has 7 heteroatoms. The van der Waals surface area contributed by atoms with Crippen LogP contribution in [-0.4, -0.2) is 41.5 Å². The molecule has 0 aromatic carbocycles. The van der Waals surface area contributed by atoms with Gasteiger partial charge in [0.1, 0.15) is 11.9 Å². The summed E-state index contributed by atoms with van der Waals surface area (Å²) in [5.41, 5.74) is 0.490. The van der Waals surface area contributed by atoms with Crippen LogP contribution in [0.4, 0.5) is 11.4 Å². The van der Waals surface area contributed by atoms with E-state index in [-0.39, 0.29) is 11.7 Å². The van der Waals surface area contributed by atoms with Crippen molar-refractivity contribution >= 4 is 27.3 Å². The second-order valence-electron chi connectivity index (χ2n) is 5.51. The Bertz CT molecular complexity index is 456. The Morgan fingerprint density at radius 3 is 2.60 bits per heavy atom. The van der Waals surface area contributed by atoms with Crippen molar-refractivity contribution in [3.63, 3.8) is 0 Å². The molecule has 1 aromatic rings. The molecule has 1 rings (SSSR count). The Morgan fingerprint density at radius 1 is 1.45 bits per heavy atom. The van der Waals surface area contributed by atoms with Gasteiger partial charge in [0.05, 0.1) is 9.40 Å². The summed E-state index contributed by atoms with van der Waals surface area (Å²) in [6.07, 6.45) is 3.77. The first-order valence-electron chi connectivity index (χ1n) is 6.50. The van der Waals surface area contributed by atoms with E-state index in [2.05, 4.69) is 45.0 Å². The highest BCUT2D eigenvalue weighted by molar-refractivity contribution is 9.10. The molecular weight excluding hydrogens is 324 g/mol. The summed E-state index contributed by atoms with van der Waals surface area (Å²) in [4.78, 5) is 16.6. The summed E-state index contributed by atoms with van der Waals surface area (Å²) in [5, 5.41) is 14.4. The van der Waals surface area contributed by atoms with Gasteiger partial charge in [0.25, 0.3) is 0 Å². The molecule has 0 aliphatic carbocycles. The van der Waals surface area contributed by atoms with Gasteiger partial charge in [-0.15, -0.1) is 0 Å². The summed E-state index contributed by atoms with van der Waals surface area (Å²) in [5.74, 6) is 0.507. The Kier molecular flexibility index (Phi) is 6.35. The maximum absolute atomic E-state index is 11.1. The van der Waals surface area contributed by atoms with Crippen molar-refractivity contribution < 1.29 is 4.92 Å². The topological polar surface area (TPSA) is 71.3 Å². The van der Waals surface area contributed by atoms with Crippen molar-refractivity contribution in [2.45, 2.75) is 26.3 Å². The average Bonchev–Trinajstić information content (AvgIpc) is 2.29. The molecule has 1 unspecified atom stereocenters. The molecule has 0 aliphatic rings. The van der Waals surface area contributed by atoms with Crippen LogP contribution in [0.2, 0.25) is 0 Å². The first-order chi connectivity index (χ1) is 9.31. The largest absolute Gasteiger partial charge is 0.374 e. The number of halogens is 1. The van der Waals surface area contributed by atoms with Crippen molar-refractivity contribution in [2.24, 2.45) is 5.92 Å². The Morgan fingerprint density at radius 2 is 2.10 bits per heavy atom. The van der Waals surface area contributed by atoms with Gasteiger partial charge in [-0.1, -0.05) is 13.8 Å². The highest BCUT2D eigenvalue weighted by Gasteiger charge is 2.21. The third-order valence-electron chi connectivity index (χ3n) is 2.77. The SMILES string of the molecule is CC(C)CC(CN(C)C)Nc1c(Br)cncc1[N+](=O)[O-]. The van der Waals surface area contributed by atoms with E-state index in [0.717, 1.165) is 13.0 Å². The maximum Gasteiger partial charge on any atom is 0.311 e. The smallest absolute Gasteiger partial charge is 0.311 e. The quantitative estimate of drug-likeness (QED) is 0.607. The highest BCUT2D eigenvalue weighted by Crippen LogP contribution is 2.32. The molecule has 0 saturated heterocycles. The van der Waals surface area contributed by atoms with Gasteiger partial charge in [-0.3, -0.25) is 15.1 Å². The number of hydrogen-bond donors (Lipinski definition) is 1. The van der Waals surface area contributed by atoms with E-state index < -0.39 is 4.92 Å². The number of rotatable bonds is 7. The van der Waals surface area contributed by atoms with Gasteiger partial charge in [-0.2, -0.15) is 0 Å². The van der Waals surface area contributed by atoms with Crippen molar-refractivity contribution in [3.8, 4) is 0 Å². The van der Waals surface area contributed by atoms with E-state index in [9.17, 15) is 10.1 Å². The molecule has 0 fully saturated rings. The zero-order valence-corrected chi connectivity index (χ0v) is 13.8. The summed E-state index contributed by atoms with van der Waals surface area (Å²) in [6, 6.07) is 0.141. The first kappa shape index (κ1) is 16.8. The van der Waals surface area contributed by atoms with Crippen LogP contribution in [0.1, 0.15) is 20.3 Å². The summed E-state index contributed by atoms with van der Waals surface area (Å²) in [7, 11) is 3.98. The molecule has 0 bridgehead atoms. The molecule has 1 atom stereocenters. The molecule has 1 heterocycles. The van der Waals surface area contributed by atoms with Crippen LogP contribution in [0.25, 0.3) is 0 Å². The lowest BCUT2D eigenvalue weighted by atomic mass is 10.0. The molecule has 6 nitrogen and oxygen atoms in total. The monoisotopic (exact) mass is 344 g/mol. The number of pyridine rings is 1. The number of anilines is 1. The van der Waals surface area contributed by atoms with Gasteiger partial charge in [0.2, 0.25) is 0 Å². The first-order valence-corrected chi connectivity index (χ1v) is 7.29. The zero-order valence-electron chi connectivity index (χ0n) is 12.3. The Labute approximate surface area is 127 Å². The average molecular weight is 345 g/mol. The van der Waals surface area contributed by atoms with Gasteiger partial charge in [0.15, 0.2) is 0 Å². The van der Waals surface area contributed by atoms with Crippen LogP contribution in [0.3, 0.4) is 0 Å². The van der Waals surface area contributed by atoms with Crippen molar-refractivity contribution in [1.29, 1.82) is 0 Å². The number of nitrogens with one attached hydrogen (secondary N) is 1. The second-order valence-corrected chi connectivity index (χ2v) is 6.36. The minimum Gasteiger partial charge on any atom is -0.374 e. The summed E-state index contributed by atoms with van der Waals surface area (Å²) < 4.78 is 0.610. The van der Waals surface area contributed by atoms with Crippen molar-refractivity contribution in [2.75, 3.05) is 26.0 Å². The third-order valence-corrected chi connectivity index (χ3v) is 3.37. The minimum atomic E-state index is -0.414. The number of likely N-dealkylation sites (N-methyl/N-ethyl adjacent to an activating group) is 1. The lowest BCUT2D eigenvalue weighted by Gasteiger charge is -2.25. The molecule has 1 aromatic heterocycles. The number of nitro groups is 1. The molecular formula is C13H21BrN4O2. The normalized spacial score (nSPS) is 12.8. The van der Waals surface area contributed by atoms with Gasteiger partial charge in [-0.05, 0) is 42.4 Å². The van der Waals surface area contributed by atoms with Crippen molar-refractivity contribution in [3.05, 3.63) is 27.0 Å². The van der Waals surface area contributed by atoms with Crippen LogP contribution < -0.4 is 5.32 Å². The van der Waals surface area contributed by atoms with Crippen LogP contribution in [0.5, 0.6) is 0 Å². The Hall–Kier alpha value is -1.21. The number of aromatic nitrogens is 1. The summed E-state index contributed by atoms with van der Waals surface area (Å²) >= 11 is 3.33. The van der Waals surface area contributed by atoms with Gasteiger partial charge >= 0.3 is 5.69 Å². The van der Waals surface area contributed by atoms with E-state index in [4.69, 9.17) is 0 Å². The van der Waals surface area contributed by atoms with E-state index in [0.29, 0.717) is 16.1 Å². The van der Waals surface area contributed by atoms with E-state index >= 15 is 0 Å². The molecule has 0 aliphatic heterocycles. The molecule has 0 spiro atoms. The molecule has 0 amide bonds. The third kappa shape index (κ3) is 5.05. The van der Waals surface area contributed by atoms with Gasteiger partial charge in [0, 0.05) is 18.8 Å². The number of nitrogens with zero attached hydrogens (tertiary/aromatic N) is 3. The molecule has 112 valence electrons. The van der Waals surface area contributed by atoms with Crippen LogP contribution in [-0.2, 0) is 0 Å². The van der Waals surface area contributed by atoms with Crippen LogP contribution >= 0.6 is 15.9 Å². The molecule has 0 saturated carbocycles. The van der Waals surface area contributed by atoms with E-state index in [1.54, 1.807) is 6.20 Å². The fourth-order valence-electron chi connectivity index (χ4n) is 2.10. The standard InChI is InChI=1S/C13H21BrN4O2/c1-9(2)5-10(8-17(3)4)16-13-11(14)6-15-7-12(13)18(19)20/h6-7,9-10H,5,8H2,1-4H3,(H,15,16). The highest BCUT2D eigenvalue weighted by atomic mass is 79.9. The zero-order chi connectivity index (χ0) is 15.3. The minimum absolute atomic E-state index is 0.00751. The molecule has 1 N–H and O–H groups in total. The fraction of sp³-hybridized carbons (Fsp3) is 0.615. The van der Waals surface area contributed by atoms with Gasteiger partial charge < -0.3 is 10.2 Å². The maximum atomic E-state index is 11.1. The summed E-state index contributed by atoms with van der Waals surface area (Å²) in [6.45, 7) is 5.09. The van der Waals surface area contributed by atoms with Gasteiger partial charge in [-0.25, -0.2) is 0 Å². The molecule has 20 heavy (non-hydrogen) atoms. The van der Waals surface area contributed by atoms with Crippen LogP contribution in [0.15, 0.2) is 16.9 Å². The van der Waals surface area contributed by atoms with Crippen LogP contribution in [0, 0.1) is 16.0 Å². The fourth-order valence-corrected chi connectivity index (χ4v) is 2.53. The van der Waals surface area contributed by atoms with Crippen molar-refractivity contribution in [1.82, 2.24) is 9.88 Å². The Balaban J connectivity index is 3.00. The molecule has 0 radical (unpaired) electrons. The lowest BCUT2D eigenvalue weighted by Crippen LogP contribution is -2.33. The van der Waals surface area contributed by atoms with E-state index in [1.807, 2.05) is 14.1 Å².